The molecule has 0 aliphatic carbocycles. The van der Waals surface area contributed by atoms with Crippen LogP contribution < -0.4 is 16.0 Å². The molecule has 8 heteroatoms. The molecule has 1 aromatic rings. The number of nitrogens with one attached hydrogen (secondary N) is 1. The van der Waals surface area contributed by atoms with Crippen LogP contribution in [0, 0.1) is 0 Å². The molecule has 0 radical (unpaired) electrons. The number of amides is 1. The van der Waals surface area contributed by atoms with Crippen LogP contribution in [0.25, 0.3) is 0 Å². The van der Waals surface area contributed by atoms with E-state index in [2.05, 4.69) is 5.32 Å². The molecule has 114 valence electrons. The van der Waals surface area contributed by atoms with Gasteiger partial charge in [-0.25, -0.2) is 8.42 Å². The number of nitrogens with zero attached hydrogens (tertiary/aromatic N) is 1. The summed E-state index contributed by atoms with van der Waals surface area (Å²) in [4.78, 5) is 13.3. The summed E-state index contributed by atoms with van der Waals surface area (Å²) in [5.74, 6) is 1.33. The fourth-order valence-electron chi connectivity index (χ4n) is 2.74. The predicted molar refractivity (Wildman–Crippen MR) is 86.5 cm³/mol. The second-order valence-corrected chi connectivity index (χ2v) is 8.70. The summed E-state index contributed by atoms with van der Waals surface area (Å²) >= 11 is 1.63. The monoisotopic (exact) mass is 327 g/mol. The lowest BCUT2D eigenvalue weighted by molar-refractivity contribution is -0.115. The molecule has 3 N–H and O–H groups in total. The van der Waals surface area contributed by atoms with Gasteiger partial charge in [0.25, 0.3) is 0 Å². The minimum absolute atomic E-state index is 0.0598. The first-order valence-corrected chi connectivity index (χ1v) is 9.72. The molecule has 2 heterocycles. The number of carbonyl (C=O) groups excluding carboxylic acids is 1. The molecule has 2 aliphatic rings. The van der Waals surface area contributed by atoms with Gasteiger partial charge < -0.3 is 16.0 Å². The van der Waals surface area contributed by atoms with Gasteiger partial charge in [0.15, 0.2) is 9.84 Å². The van der Waals surface area contributed by atoms with E-state index >= 15 is 0 Å². The fraction of sp³-hybridized carbons (Fsp3) is 0.462. The lowest BCUT2D eigenvalue weighted by Crippen LogP contribution is -2.47. The summed E-state index contributed by atoms with van der Waals surface area (Å²) in [6, 6.07) is 3.56. The van der Waals surface area contributed by atoms with Crippen molar-refractivity contribution in [1.82, 2.24) is 0 Å². The van der Waals surface area contributed by atoms with Gasteiger partial charge in [-0.15, -0.1) is 0 Å². The highest BCUT2D eigenvalue weighted by molar-refractivity contribution is 8.01. The van der Waals surface area contributed by atoms with Crippen LogP contribution in [0.1, 0.15) is 5.56 Å². The van der Waals surface area contributed by atoms with Crippen LogP contribution in [0.15, 0.2) is 12.1 Å². The Morgan fingerprint density at radius 2 is 2.19 bits per heavy atom. The number of nitrogens with two attached hydrogens (primary N) is 1. The van der Waals surface area contributed by atoms with Crippen LogP contribution in [0.5, 0.6) is 0 Å². The first-order valence-electron chi connectivity index (χ1n) is 6.62. The third-order valence-electron chi connectivity index (χ3n) is 3.77. The SMILES string of the molecule is CS(=O)(=O)C1CSCCN1c1cc2c(cc1N)CC(=O)N2. The van der Waals surface area contributed by atoms with Crippen LogP contribution in [0.2, 0.25) is 0 Å². The molecule has 2 aliphatic heterocycles. The van der Waals surface area contributed by atoms with E-state index in [-0.39, 0.29) is 5.91 Å². The first kappa shape index (κ1) is 14.5. The summed E-state index contributed by atoms with van der Waals surface area (Å²) in [7, 11) is -3.20. The summed E-state index contributed by atoms with van der Waals surface area (Å²) in [6.07, 6.45) is 1.58. The molecule has 1 unspecified atom stereocenters. The normalized spacial score (nSPS) is 22.0. The fourth-order valence-corrected chi connectivity index (χ4v) is 5.57. The highest BCUT2D eigenvalue weighted by Gasteiger charge is 2.33. The molecule has 0 bridgehead atoms. The van der Waals surface area contributed by atoms with Crippen molar-refractivity contribution in [3.63, 3.8) is 0 Å². The van der Waals surface area contributed by atoms with E-state index in [1.54, 1.807) is 23.9 Å². The minimum atomic E-state index is -3.20. The minimum Gasteiger partial charge on any atom is -0.397 e. The third kappa shape index (κ3) is 2.69. The molecule has 3 rings (SSSR count). The standard InChI is InChI=1S/C13H17N3O3S2/c1-21(18,19)13-7-20-3-2-16(13)11-6-10-8(4-9(11)14)5-12(17)15-10/h4,6,13H,2-3,5,7,14H2,1H3,(H,15,17). The number of thioether (sulfide) groups is 1. The molecule has 0 saturated carbocycles. The lowest BCUT2D eigenvalue weighted by Gasteiger charge is -2.36. The summed E-state index contributed by atoms with van der Waals surface area (Å²) in [5.41, 5.74) is 8.89. The molecular formula is C13H17N3O3S2. The number of benzene rings is 1. The zero-order chi connectivity index (χ0) is 15.2. The Balaban J connectivity index is 2.03. The summed E-state index contributed by atoms with van der Waals surface area (Å²) in [6.45, 7) is 0.624. The smallest absolute Gasteiger partial charge is 0.228 e. The maximum absolute atomic E-state index is 12.0. The van der Waals surface area contributed by atoms with Crippen molar-refractivity contribution in [2.24, 2.45) is 0 Å². The van der Waals surface area contributed by atoms with Crippen LogP contribution in [0.4, 0.5) is 17.1 Å². The van der Waals surface area contributed by atoms with Crippen LogP contribution >= 0.6 is 11.8 Å². The number of anilines is 3. The van der Waals surface area contributed by atoms with E-state index < -0.39 is 15.2 Å². The molecular weight excluding hydrogens is 310 g/mol. The van der Waals surface area contributed by atoms with E-state index in [0.29, 0.717) is 30.1 Å². The van der Waals surface area contributed by atoms with Gasteiger partial charge in [-0.3, -0.25) is 4.79 Å². The molecule has 6 nitrogen and oxygen atoms in total. The topological polar surface area (TPSA) is 92.5 Å². The number of nitrogen functional groups attached to an aromatic ring is 1. The average Bonchev–Trinajstić information content (AvgIpc) is 2.76. The van der Waals surface area contributed by atoms with Gasteiger partial charge in [0, 0.05) is 30.0 Å². The second-order valence-electron chi connectivity index (χ2n) is 5.35. The van der Waals surface area contributed by atoms with Crippen LogP contribution in [0.3, 0.4) is 0 Å². The molecule has 1 atom stereocenters. The molecule has 0 aromatic heterocycles. The van der Waals surface area contributed by atoms with Crippen LogP contribution in [-0.2, 0) is 21.1 Å². The average molecular weight is 327 g/mol. The Hall–Kier alpha value is -1.41. The molecule has 1 amide bonds. The Labute approximate surface area is 128 Å². The second kappa shape index (κ2) is 5.10. The number of carbonyl (C=O) groups is 1. The van der Waals surface area contributed by atoms with E-state index in [9.17, 15) is 13.2 Å². The third-order valence-corrected chi connectivity index (χ3v) is 6.41. The Kier molecular flexibility index (Phi) is 3.53. The highest BCUT2D eigenvalue weighted by Crippen LogP contribution is 2.37. The van der Waals surface area contributed by atoms with Gasteiger partial charge in [0.1, 0.15) is 5.37 Å². The maximum atomic E-state index is 12.0. The van der Waals surface area contributed by atoms with Crippen molar-refractivity contribution < 1.29 is 13.2 Å². The maximum Gasteiger partial charge on any atom is 0.228 e. The highest BCUT2D eigenvalue weighted by atomic mass is 32.2. The van der Waals surface area contributed by atoms with E-state index in [0.717, 1.165) is 17.0 Å². The van der Waals surface area contributed by atoms with E-state index in [1.165, 1.54) is 6.26 Å². The summed E-state index contributed by atoms with van der Waals surface area (Å²) in [5, 5.41) is 2.21. The molecule has 1 fully saturated rings. The number of sulfone groups is 1. The molecule has 0 spiro atoms. The van der Waals surface area contributed by atoms with Crippen LogP contribution in [-0.4, -0.2) is 44.0 Å². The lowest BCUT2D eigenvalue weighted by atomic mass is 10.1. The van der Waals surface area contributed by atoms with Gasteiger partial charge >= 0.3 is 0 Å². The van der Waals surface area contributed by atoms with Crippen molar-refractivity contribution in [3.8, 4) is 0 Å². The van der Waals surface area contributed by atoms with E-state index in [1.807, 2.05) is 4.90 Å². The molecule has 1 aromatic carbocycles. The zero-order valence-electron chi connectivity index (χ0n) is 11.6. The van der Waals surface area contributed by atoms with Gasteiger partial charge in [0.2, 0.25) is 5.91 Å². The number of fused-ring (bicyclic) bond motifs is 1. The number of hydrogen-bond acceptors (Lipinski definition) is 6. The number of rotatable bonds is 2. The zero-order valence-corrected chi connectivity index (χ0v) is 13.3. The Morgan fingerprint density at radius 1 is 1.43 bits per heavy atom. The van der Waals surface area contributed by atoms with Crippen molar-refractivity contribution in [1.29, 1.82) is 0 Å². The molecule has 1 saturated heterocycles. The van der Waals surface area contributed by atoms with Gasteiger partial charge in [-0.05, 0) is 17.7 Å². The van der Waals surface area contributed by atoms with Gasteiger partial charge in [-0.1, -0.05) is 0 Å². The van der Waals surface area contributed by atoms with Crippen molar-refractivity contribution in [3.05, 3.63) is 17.7 Å². The van der Waals surface area contributed by atoms with E-state index in [4.69, 9.17) is 5.73 Å². The summed E-state index contributed by atoms with van der Waals surface area (Å²) < 4.78 is 24.0. The largest absolute Gasteiger partial charge is 0.397 e. The Morgan fingerprint density at radius 3 is 2.90 bits per heavy atom. The number of hydrogen-bond donors (Lipinski definition) is 2. The van der Waals surface area contributed by atoms with Crippen molar-refractivity contribution in [2.75, 3.05) is 40.3 Å². The molecule has 21 heavy (non-hydrogen) atoms. The van der Waals surface area contributed by atoms with Crippen molar-refractivity contribution in [2.45, 2.75) is 11.8 Å². The van der Waals surface area contributed by atoms with Crippen molar-refractivity contribution >= 4 is 44.6 Å². The Bertz CT molecular complexity index is 703. The predicted octanol–water partition coefficient (Wildman–Crippen LogP) is 0.687. The first-order chi connectivity index (χ1) is 9.86. The van der Waals surface area contributed by atoms with Gasteiger partial charge in [-0.2, -0.15) is 11.8 Å². The van der Waals surface area contributed by atoms with Gasteiger partial charge in [0.05, 0.1) is 17.8 Å². The quantitative estimate of drug-likeness (QED) is 0.776.